The number of aryl methyl sites for hydroxylation is 1. The summed E-state index contributed by atoms with van der Waals surface area (Å²) in [5, 5.41) is 15.9. The summed E-state index contributed by atoms with van der Waals surface area (Å²) in [6.45, 7) is 3.74. The van der Waals surface area contributed by atoms with Crippen LogP contribution >= 0.6 is 46.3 Å². The molecule has 4 aromatic rings. The second kappa shape index (κ2) is 7.88. The van der Waals surface area contributed by atoms with Gasteiger partial charge in [0.15, 0.2) is 5.69 Å². The molecule has 5 nitrogen and oxygen atoms in total. The number of thioether (sulfide) groups is 1. The number of carbonyl (C=O) groups is 1. The predicted molar refractivity (Wildman–Crippen MR) is 126 cm³/mol. The van der Waals surface area contributed by atoms with Crippen LogP contribution in [0.4, 0.5) is 4.39 Å². The van der Waals surface area contributed by atoms with Crippen LogP contribution < -0.4 is 0 Å². The van der Waals surface area contributed by atoms with Gasteiger partial charge in [-0.25, -0.2) is 14.2 Å². The fraction of sp³-hybridized carbons (Fsp3) is 0.136. The van der Waals surface area contributed by atoms with Crippen LogP contribution in [0.2, 0.25) is 10.0 Å². The Morgan fingerprint density at radius 3 is 2.75 bits per heavy atom. The highest BCUT2D eigenvalue weighted by molar-refractivity contribution is 8.01. The lowest BCUT2D eigenvalue weighted by molar-refractivity contribution is 0.0688. The van der Waals surface area contributed by atoms with Gasteiger partial charge in [0.25, 0.3) is 0 Å². The third kappa shape index (κ3) is 3.33. The zero-order chi connectivity index (χ0) is 22.7. The van der Waals surface area contributed by atoms with E-state index in [1.807, 2.05) is 13.0 Å². The van der Waals surface area contributed by atoms with E-state index in [4.69, 9.17) is 28.2 Å². The molecule has 1 N–H and O–H groups in total. The minimum atomic E-state index is -1.17. The standard InChI is InChI=1S/C22H14Cl2FN3O2S2/c1-9-15(11-4-3-5-12(25)8-11)19(20(29)30)28(27-9)22-26-18-13-6-7-14(23)17(24)16(13)10(2)31-21(18)32-22/h3-8,10H,1-2H3,(H,29,30). The normalized spacial score (nSPS) is 14.8. The van der Waals surface area contributed by atoms with Crippen molar-refractivity contribution in [2.75, 3.05) is 0 Å². The maximum atomic E-state index is 13.8. The van der Waals surface area contributed by atoms with Crippen molar-refractivity contribution in [1.29, 1.82) is 0 Å². The Hall–Kier alpha value is -2.39. The molecule has 0 saturated carbocycles. The van der Waals surface area contributed by atoms with Crippen LogP contribution in [0.15, 0.2) is 40.6 Å². The summed E-state index contributed by atoms with van der Waals surface area (Å²) in [5.74, 6) is -1.62. The third-order valence-electron chi connectivity index (χ3n) is 5.22. The highest BCUT2D eigenvalue weighted by atomic mass is 35.5. The molecule has 1 aliphatic heterocycles. The number of hydrogen-bond donors (Lipinski definition) is 1. The summed E-state index contributed by atoms with van der Waals surface area (Å²) in [5.41, 5.74) is 3.71. The molecule has 0 aliphatic carbocycles. The average Bonchev–Trinajstić information content (AvgIpc) is 3.31. The molecule has 2 aromatic carbocycles. The summed E-state index contributed by atoms with van der Waals surface area (Å²) in [6.07, 6.45) is 0. The quantitative estimate of drug-likeness (QED) is 0.316. The summed E-state index contributed by atoms with van der Waals surface area (Å²) < 4.78 is 16.1. The van der Waals surface area contributed by atoms with E-state index in [-0.39, 0.29) is 10.9 Å². The Bertz CT molecular complexity index is 1420. The smallest absolute Gasteiger partial charge is 0.355 e. The summed E-state index contributed by atoms with van der Waals surface area (Å²) >= 11 is 15.6. The molecule has 162 valence electrons. The average molecular weight is 506 g/mol. The van der Waals surface area contributed by atoms with E-state index in [1.165, 1.54) is 28.2 Å². The lowest BCUT2D eigenvalue weighted by Crippen LogP contribution is -2.09. The van der Waals surface area contributed by atoms with Crippen molar-refractivity contribution in [2.45, 2.75) is 23.3 Å². The molecule has 2 aromatic heterocycles. The van der Waals surface area contributed by atoms with Crippen LogP contribution in [-0.4, -0.2) is 25.8 Å². The number of aromatic nitrogens is 3. The third-order valence-corrected chi connectivity index (χ3v) is 8.40. The van der Waals surface area contributed by atoms with Gasteiger partial charge in [0, 0.05) is 16.4 Å². The van der Waals surface area contributed by atoms with Crippen LogP contribution in [0.25, 0.3) is 27.5 Å². The van der Waals surface area contributed by atoms with Crippen LogP contribution in [0.5, 0.6) is 0 Å². The number of halogens is 3. The molecule has 32 heavy (non-hydrogen) atoms. The van der Waals surface area contributed by atoms with Crippen molar-refractivity contribution >= 4 is 52.3 Å². The molecule has 10 heteroatoms. The van der Waals surface area contributed by atoms with Crippen molar-refractivity contribution in [3.63, 3.8) is 0 Å². The van der Waals surface area contributed by atoms with E-state index >= 15 is 0 Å². The highest BCUT2D eigenvalue weighted by Crippen LogP contribution is 2.54. The van der Waals surface area contributed by atoms with Gasteiger partial charge in [0.05, 0.1) is 25.6 Å². The first-order chi connectivity index (χ1) is 15.3. The van der Waals surface area contributed by atoms with Crippen LogP contribution in [-0.2, 0) is 0 Å². The molecule has 0 spiro atoms. The second-order valence-corrected chi connectivity index (χ2v) is 10.6. The van der Waals surface area contributed by atoms with Crippen molar-refractivity contribution in [1.82, 2.24) is 14.8 Å². The molecule has 1 atom stereocenters. The molecule has 0 saturated heterocycles. The van der Waals surface area contributed by atoms with Crippen LogP contribution in [0.1, 0.15) is 33.9 Å². The number of carboxylic acid groups (broad SMARTS) is 1. The number of aromatic carboxylic acids is 1. The molecular weight excluding hydrogens is 492 g/mol. The molecule has 5 rings (SSSR count). The minimum absolute atomic E-state index is 0.0538. The Labute approximate surface area is 200 Å². The molecule has 0 bridgehead atoms. The largest absolute Gasteiger partial charge is 0.476 e. The van der Waals surface area contributed by atoms with Crippen molar-refractivity contribution < 1.29 is 14.3 Å². The maximum Gasteiger partial charge on any atom is 0.355 e. The highest BCUT2D eigenvalue weighted by Gasteiger charge is 2.31. The molecule has 0 radical (unpaired) electrons. The van der Waals surface area contributed by atoms with E-state index in [9.17, 15) is 14.3 Å². The first kappa shape index (κ1) is 21.5. The van der Waals surface area contributed by atoms with Gasteiger partial charge in [-0.3, -0.25) is 0 Å². The van der Waals surface area contributed by atoms with E-state index in [0.717, 1.165) is 21.0 Å². The molecule has 1 unspecified atom stereocenters. The van der Waals surface area contributed by atoms with Gasteiger partial charge in [0.2, 0.25) is 5.13 Å². The van der Waals surface area contributed by atoms with Gasteiger partial charge in [-0.2, -0.15) is 9.78 Å². The van der Waals surface area contributed by atoms with E-state index < -0.39 is 11.8 Å². The number of hydrogen-bond acceptors (Lipinski definition) is 5. The summed E-state index contributed by atoms with van der Waals surface area (Å²) in [7, 11) is 0. The minimum Gasteiger partial charge on any atom is -0.476 e. The Morgan fingerprint density at radius 1 is 1.25 bits per heavy atom. The monoisotopic (exact) mass is 505 g/mol. The van der Waals surface area contributed by atoms with Crippen LogP contribution in [0.3, 0.4) is 0 Å². The Kier molecular flexibility index (Phi) is 5.28. The molecule has 0 amide bonds. The molecule has 0 fully saturated rings. The van der Waals surface area contributed by atoms with E-state index in [2.05, 4.69) is 5.10 Å². The topological polar surface area (TPSA) is 68.0 Å². The van der Waals surface area contributed by atoms with Crippen molar-refractivity contribution in [3.8, 4) is 27.5 Å². The van der Waals surface area contributed by atoms with E-state index in [1.54, 1.807) is 36.9 Å². The number of nitrogens with zero attached hydrogens (tertiary/aromatic N) is 3. The maximum absolute atomic E-state index is 13.8. The number of carboxylic acids is 1. The molecule has 3 heterocycles. The van der Waals surface area contributed by atoms with Gasteiger partial charge in [0.1, 0.15) is 5.82 Å². The van der Waals surface area contributed by atoms with Crippen molar-refractivity contribution in [3.05, 3.63) is 69.2 Å². The van der Waals surface area contributed by atoms with Gasteiger partial charge in [-0.15, -0.1) is 11.8 Å². The molecular formula is C22H14Cl2FN3O2S2. The Balaban J connectivity index is 1.71. The summed E-state index contributed by atoms with van der Waals surface area (Å²) in [4.78, 5) is 17.0. The second-order valence-electron chi connectivity index (χ2n) is 7.25. The SMILES string of the molecule is Cc1nn(-c2nc3c(s2)SC(C)c2c-3ccc(Cl)c2Cl)c(C(=O)O)c1-c1cccc(F)c1. The number of thiazole rings is 1. The Morgan fingerprint density at radius 2 is 2.03 bits per heavy atom. The number of benzene rings is 2. The molecule has 1 aliphatic rings. The number of rotatable bonds is 3. The van der Waals surface area contributed by atoms with Gasteiger partial charge in [-0.1, -0.05) is 52.7 Å². The predicted octanol–water partition coefficient (Wildman–Crippen LogP) is 7.28. The zero-order valence-electron chi connectivity index (χ0n) is 16.7. The van der Waals surface area contributed by atoms with Gasteiger partial charge < -0.3 is 5.11 Å². The lowest BCUT2D eigenvalue weighted by Gasteiger charge is -2.22. The fourth-order valence-electron chi connectivity index (χ4n) is 3.88. The fourth-order valence-corrected chi connectivity index (χ4v) is 7.01. The van der Waals surface area contributed by atoms with Gasteiger partial charge >= 0.3 is 5.97 Å². The first-order valence-electron chi connectivity index (χ1n) is 9.51. The van der Waals surface area contributed by atoms with Crippen molar-refractivity contribution in [2.24, 2.45) is 0 Å². The first-order valence-corrected chi connectivity index (χ1v) is 12.0. The summed E-state index contributed by atoms with van der Waals surface area (Å²) in [6, 6.07) is 9.43. The van der Waals surface area contributed by atoms with Gasteiger partial charge in [-0.05, 0) is 43.2 Å². The zero-order valence-corrected chi connectivity index (χ0v) is 19.8. The van der Waals surface area contributed by atoms with E-state index in [0.29, 0.717) is 32.0 Å². The lowest BCUT2D eigenvalue weighted by atomic mass is 10.0. The van der Waals surface area contributed by atoms with Crippen LogP contribution in [0, 0.1) is 12.7 Å². The number of fused-ring (bicyclic) bond motifs is 3.